The van der Waals surface area contributed by atoms with Gasteiger partial charge in [0.1, 0.15) is 0 Å². The zero-order valence-electron chi connectivity index (χ0n) is 14.8. The highest BCUT2D eigenvalue weighted by Crippen LogP contribution is 2.18. The zero-order valence-corrected chi connectivity index (χ0v) is 14.8. The second-order valence-corrected chi connectivity index (χ2v) is 6.47. The minimum Gasteiger partial charge on any atom is -0.380 e. The molecule has 4 nitrogen and oxygen atoms in total. The summed E-state index contributed by atoms with van der Waals surface area (Å²) >= 11 is 0. The molecule has 1 amide bonds. The van der Waals surface area contributed by atoms with E-state index < -0.39 is 0 Å². The van der Waals surface area contributed by atoms with Crippen molar-refractivity contribution in [1.82, 2.24) is 4.90 Å². The third-order valence-corrected chi connectivity index (χ3v) is 4.60. The molecule has 1 aliphatic heterocycles. The van der Waals surface area contributed by atoms with E-state index in [1.165, 1.54) is 6.42 Å². The number of rotatable bonds is 5. The van der Waals surface area contributed by atoms with E-state index in [1.54, 1.807) is 6.08 Å². The lowest BCUT2D eigenvalue weighted by Crippen LogP contribution is -2.34. The number of carbonyl (C=O) groups excluding carboxylic acids is 1. The standard InChI is InChI=1S/C22H23N3O/c23-16-18-8-10-19(11-9-18)17-24-21-7-3-2-6-20(21)12-13-22(26)25-14-4-1-5-15-25/h2-3,6-13,24H,1,4-5,14-15,17H2/b13-12+. The van der Waals surface area contributed by atoms with Gasteiger partial charge in [-0.2, -0.15) is 5.26 Å². The molecule has 0 atom stereocenters. The van der Waals surface area contributed by atoms with Gasteiger partial charge in [0.05, 0.1) is 11.6 Å². The molecule has 3 rings (SSSR count). The summed E-state index contributed by atoms with van der Waals surface area (Å²) < 4.78 is 0. The molecule has 0 aliphatic carbocycles. The van der Waals surface area contributed by atoms with Crippen LogP contribution in [0.25, 0.3) is 6.08 Å². The lowest BCUT2D eigenvalue weighted by Gasteiger charge is -2.25. The molecule has 0 spiro atoms. The van der Waals surface area contributed by atoms with E-state index in [-0.39, 0.29) is 5.91 Å². The van der Waals surface area contributed by atoms with Crippen LogP contribution < -0.4 is 5.32 Å². The third-order valence-electron chi connectivity index (χ3n) is 4.60. The second-order valence-electron chi connectivity index (χ2n) is 6.47. The van der Waals surface area contributed by atoms with Crippen molar-refractivity contribution >= 4 is 17.7 Å². The number of likely N-dealkylation sites (tertiary alicyclic amines) is 1. The molecule has 0 bridgehead atoms. The predicted molar refractivity (Wildman–Crippen MR) is 104 cm³/mol. The van der Waals surface area contributed by atoms with Gasteiger partial charge in [0.25, 0.3) is 0 Å². The molecule has 2 aromatic rings. The van der Waals surface area contributed by atoms with Crippen molar-refractivity contribution in [2.24, 2.45) is 0 Å². The molecule has 0 aromatic heterocycles. The molecule has 1 heterocycles. The highest BCUT2D eigenvalue weighted by atomic mass is 16.2. The summed E-state index contributed by atoms with van der Waals surface area (Å²) in [7, 11) is 0. The van der Waals surface area contributed by atoms with Crippen LogP contribution in [0.1, 0.15) is 36.0 Å². The largest absolute Gasteiger partial charge is 0.380 e. The first-order chi connectivity index (χ1) is 12.8. The highest BCUT2D eigenvalue weighted by Gasteiger charge is 2.13. The van der Waals surface area contributed by atoms with E-state index in [4.69, 9.17) is 5.26 Å². The Bertz CT molecular complexity index is 812. The van der Waals surface area contributed by atoms with Crippen molar-refractivity contribution in [1.29, 1.82) is 5.26 Å². The van der Waals surface area contributed by atoms with Crippen molar-refractivity contribution in [3.8, 4) is 6.07 Å². The molecular weight excluding hydrogens is 322 g/mol. The summed E-state index contributed by atoms with van der Waals surface area (Å²) in [5, 5.41) is 12.3. The topological polar surface area (TPSA) is 56.1 Å². The lowest BCUT2D eigenvalue weighted by molar-refractivity contribution is -0.126. The number of nitrogens with one attached hydrogen (secondary N) is 1. The van der Waals surface area contributed by atoms with E-state index in [0.717, 1.165) is 42.7 Å². The van der Waals surface area contributed by atoms with Crippen molar-refractivity contribution < 1.29 is 4.79 Å². The summed E-state index contributed by atoms with van der Waals surface area (Å²) in [5.41, 5.74) is 3.74. The predicted octanol–water partition coefficient (Wildman–Crippen LogP) is 4.20. The quantitative estimate of drug-likeness (QED) is 0.827. The van der Waals surface area contributed by atoms with Crippen LogP contribution in [-0.4, -0.2) is 23.9 Å². The second kappa shape index (κ2) is 8.87. The molecule has 0 radical (unpaired) electrons. The van der Waals surface area contributed by atoms with E-state index in [0.29, 0.717) is 12.1 Å². The summed E-state index contributed by atoms with van der Waals surface area (Å²) in [4.78, 5) is 14.2. The molecule has 26 heavy (non-hydrogen) atoms. The molecule has 4 heteroatoms. The molecule has 132 valence electrons. The average Bonchev–Trinajstić information content (AvgIpc) is 2.72. The molecule has 2 aromatic carbocycles. The van der Waals surface area contributed by atoms with Gasteiger partial charge < -0.3 is 10.2 Å². The number of benzene rings is 2. The first-order valence-corrected chi connectivity index (χ1v) is 9.05. The number of carbonyl (C=O) groups is 1. The van der Waals surface area contributed by atoms with Crippen molar-refractivity contribution in [3.05, 3.63) is 71.3 Å². The Balaban J connectivity index is 1.64. The van der Waals surface area contributed by atoms with Gasteiger partial charge in [-0.25, -0.2) is 0 Å². The number of nitriles is 1. The third kappa shape index (κ3) is 4.73. The van der Waals surface area contributed by atoms with Crippen molar-refractivity contribution in [2.45, 2.75) is 25.8 Å². The molecule has 1 fully saturated rings. The number of hydrogen-bond acceptors (Lipinski definition) is 3. The Hall–Kier alpha value is -3.06. The lowest BCUT2D eigenvalue weighted by atomic mass is 10.1. The Morgan fingerprint density at radius 1 is 1.08 bits per heavy atom. The summed E-state index contributed by atoms with van der Waals surface area (Å²) in [6.45, 7) is 2.39. The number of anilines is 1. The fraction of sp³-hybridized carbons (Fsp3) is 0.273. The van der Waals surface area contributed by atoms with Gasteiger partial charge in [-0.1, -0.05) is 30.3 Å². The molecule has 0 unspecified atom stereocenters. The SMILES string of the molecule is N#Cc1ccc(CNc2ccccc2/C=C/C(=O)N2CCCCC2)cc1. The first-order valence-electron chi connectivity index (χ1n) is 9.05. The summed E-state index contributed by atoms with van der Waals surface area (Å²) in [6, 6.07) is 17.6. The Labute approximate surface area is 154 Å². The van der Waals surface area contributed by atoms with Crippen molar-refractivity contribution in [2.75, 3.05) is 18.4 Å². The zero-order chi connectivity index (χ0) is 18.2. The average molecular weight is 345 g/mol. The molecular formula is C22H23N3O. The fourth-order valence-electron chi connectivity index (χ4n) is 3.08. The molecule has 1 saturated heterocycles. The van der Waals surface area contributed by atoms with E-state index in [2.05, 4.69) is 11.4 Å². The van der Waals surface area contributed by atoms with E-state index in [9.17, 15) is 4.79 Å². The van der Waals surface area contributed by atoms with Crippen LogP contribution in [-0.2, 0) is 11.3 Å². The van der Waals surface area contributed by atoms with Crippen LogP contribution in [0.15, 0.2) is 54.6 Å². The molecule has 1 N–H and O–H groups in total. The maximum Gasteiger partial charge on any atom is 0.246 e. The number of piperidine rings is 1. The van der Waals surface area contributed by atoms with E-state index >= 15 is 0 Å². The van der Waals surface area contributed by atoms with Crippen LogP contribution in [0.2, 0.25) is 0 Å². The monoisotopic (exact) mass is 345 g/mol. The van der Waals surface area contributed by atoms with Gasteiger partial charge >= 0.3 is 0 Å². The van der Waals surface area contributed by atoms with Crippen LogP contribution in [0.5, 0.6) is 0 Å². The number of para-hydroxylation sites is 1. The van der Waals surface area contributed by atoms with Crippen LogP contribution in [0, 0.1) is 11.3 Å². The Kier molecular flexibility index (Phi) is 6.05. The molecule has 0 saturated carbocycles. The minimum atomic E-state index is 0.0894. The smallest absolute Gasteiger partial charge is 0.246 e. The maximum absolute atomic E-state index is 12.3. The Morgan fingerprint density at radius 2 is 1.81 bits per heavy atom. The Morgan fingerprint density at radius 3 is 2.54 bits per heavy atom. The summed E-state index contributed by atoms with van der Waals surface area (Å²) in [6.07, 6.45) is 6.98. The highest BCUT2D eigenvalue weighted by molar-refractivity contribution is 5.92. The fourth-order valence-corrected chi connectivity index (χ4v) is 3.08. The number of amides is 1. The molecule has 1 aliphatic rings. The summed E-state index contributed by atoms with van der Waals surface area (Å²) in [5.74, 6) is 0.0894. The number of nitrogens with zero attached hydrogens (tertiary/aromatic N) is 2. The van der Waals surface area contributed by atoms with Gasteiger partial charge in [0.2, 0.25) is 5.91 Å². The van der Waals surface area contributed by atoms with E-state index in [1.807, 2.05) is 59.5 Å². The van der Waals surface area contributed by atoms with Crippen LogP contribution in [0.3, 0.4) is 0 Å². The maximum atomic E-state index is 12.3. The van der Waals surface area contributed by atoms with Crippen LogP contribution >= 0.6 is 0 Å². The van der Waals surface area contributed by atoms with Gasteiger partial charge in [-0.3, -0.25) is 4.79 Å². The minimum absolute atomic E-state index is 0.0894. The number of hydrogen-bond donors (Lipinski definition) is 1. The normalized spacial score (nSPS) is 14.2. The van der Waals surface area contributed by atoms with Gasteiger partial charge in [-0.05, 0) is 54.7 Å². The van der Waals surface area contributed by atoms with Gasteiger partial charge in [0.15, 0.2) is 0 Å². The first kappa shape index (κ1) is 17.8. The van der Waals surface area contributed by atoms with Gasteiger partial charge in [0, 0.05) is 31.4 Å². The van der Waals surface area contributed by atoms with Crippen LogP contribution in [0.4, 0.5) is 5.69 Å². The van der Waals surface area contributed by atoms with Crippen molar-refractivity contribution in [3.63, 3.8) is 0 Å². The van der Waals surface area contributed by atoms with Gasteiger partial charge in [-0.15, -0.1) is 0 Å².